The Morgan fingerprint density at radius 1 is 1.61 bits per heavy atom. The maximum Gasteiger partial charge on any atom is 0.404 e. The zero-order valence-corrected chi connectivity index (χ0v) is 12.0. The lowest BCUT2D eigenvalue weighted by atomic mass is 10.3. The Kier molecular flexibility index (Phi) is 3.85. The van der Waals surface area contributed by atoms with Gasteiger partial charge in [0, 0.05) is 6.07 Å². The zero-order chi connectivity index (χ0) is 13.3. The summed E-state index contributed by atoms with van der Waals surface area (Å²) in [6.45, 7) is 0.409. The van der Waals surface area contributed by atoms with Crippen molar-refractivity contribution in [3.8, 4) is 0 Å². The molecular weight excluding hydrogens is 372 g/mol. The molecule has 0 spiro atoms. The molecule has 96 valence electrons. The summed E-state index contributed by atoms with van der Waals surface area (Å²) in [6, 6.07) is 3.07. The van der Waals surface area contributed by atoms with E-state index in [1.807, 2.05) is 22.6 Å². The van der Waals surface area contributed by atoms with Crippen LogP contribution in [0.4, 0.5) is 9.18 Å². The predicted molar refractivity (Wildman–Crippen MR) is 75.3 cm³/mol. The minimum absolute atomic E-state index is 0.0875. The molecular formula is C10H9FIN3O2S. The van der Waals surface area contributed by atoms with E-state index in [1.165, 1.54) is 6.07 Å². The molecule has 0 atom stereocenters. The summed E-state index contributed by atoms with van der Waals surface area (Å²) in [5.74, 6) is -0.318. The molecule has 3 N–H and O–H groups in total. The highest BCUT2D eigenvalue weighted by Crippen LogP contribution is 2.20. The van der Waals surface area contributed by atoms with Crippen LogP contribution in [0, 0.1) is 14.2 Å². The molecule has 5 nitrogen and oxygen atoms in total. The topological polar surface area (TPSA) is 73.0 Å². The molecule has 2 aromatic rings. The minimum atomic E-state index is -0.845. The van der Waals surface area contributed by atoms with Crippen molar-refractivity contribution in [2.45, 2.75) is 6.54 Å². The van der Waals surface area contributed by atoms with Gasteiger partial charge in [-0.2, -0.15) is 0 Å². The number of carbonyl (C=O) groups excluding carboxylic acids is 1. The molecule has 0 bridgehead atoms. The van der Waals surface area contributed by atoms with E-state index in [-0.39, 0.29) is 12.4 Å². The second-order valence-corrected chi connectivity index (χ2v) is 5.08. The van der Waals surface area contributed by atoms with Crippen molar-refractivity contribution in [1.29, 1.82) is 0 Å². The number of rotatable bonds is 3. The highest BCUT2D eigenvalue weighted by molar-refractivity contribution is 14.1. The van der Waals surface area contributed by atoms with Gasteiger partial charge >= 0.3 is 6.09 Å². The first-order chi connectivity index (χ1) is 8.49. The number of nitrogens with zero attached hydrogens (tertiary/aromatic N) is 1. The average Bonchev–Trinajstić information content (AvgIpc) is 2.56. The van der Waals surface area contributed by atoms with E-state index >= 15 is 0 Å². The first-order valence-electron chi connectivity index (χ1n) is 4.99. The van der Waals surface area contributed by atoms with Gasteiger partial charge in [0.05, 0.1) is 21.1 Å². The first kappa shape index (κ1) is 13.3. The summed E-state index contributed by atoms with van der Waals surface area (Å²) >= 11 is 7.04. The fourth-order valence-electron chi connectivity index (χ4n) is 1.61. The van der Waals surface area contributed by atoms with Crippen molar-refractivity contribution < 1.29 is 13.9 Å². The van der Waals surface area contributed by atoms with E-state index in [2.05, 4.69) is 9.72 Å². The normalized spacial score (nSPS) is 10.8. The third-order valence-electron chi connectivity index (χ3n) is 2.38. The van der Waals surface area contributed by atoms with Gasteiger partial charge in [0.1, 0.15) is 12.4 Å². The van der Waals surface area contributed by atoms with Crippen LogP contribution in [0.5, 0.6) is 0 Å². The number of carbonyl (C=O) groups is 1. The first-order valence-corrected chi connectivity index (χ1v) is 6.47. The Hall–Kier alpha value is -1.16. The van der Waals surface area contributed by atoms with Gasteiger partial charge in [0.2, 0.25) is 0 Å². The van der Waals surface area contributed by atoms with Crippen molar-refractivity contribution >= 4 is 51.9 Å². The van der Waals surface area contributed by atoms with Crippen LogP contribution in [0.3, 0.4) is 0 Å². The van der Waals surface area contributed by atoms with Crippen LogP contribution in [-0.2, 0) is 11.3 Å². The van der Waals surface area contributed by atoms with Crippen LogP contribution in [-0.4, -0.2) is 22.3 Å². The highest BCUT2D eigenvalue weighted by Gasteiger charge is 2.09. The number of halogens is 2. The highest BCUT2D eigenvalue weighted by atomic mass is 127. The molecule has 1 amide bonds. The number of aromatic amines is 1. The van der Waals surface area contributed by atoms with E-state index in [4.69, 9.17) is 18.0 Å². The fourth-order valence-corrected chi connectivity index (χ4v) is 2.38. The third-order valence-corrected chi connectivity index (χ3v) is 3.52. The second kappa shape index (κ2) is 5.22. The molecule has 0 unspecified atom stereocenters. The summed E-state index contributed by atoms with van der Waals surface area (Å²) in [7, 11) is 0. The SMILES string of the molecule is NC(=O)OCCn1c(=S)[nH]c2cc(I)c(F)cc21. The Morgan fingerprint density at radius 2 is 2.33 bits per heavy atom. The van der Waals surface area contributed by atoms with Crippen molar-refractivity contribution in [1.82, 2.24) is 9.55 Å². The van der Waals surface area contributed by atoms with E-state index in [0.717, 1.165) is 5.52 Å². The molecule has 0 aliphatic carbocycles. The third kappa shape index (κ3) is 2.64. The number of hydrogen-bond donors (Lipinski definition) is 2. The molecule has 8 heteroatoms. The van der Waals surface area contributed by atoms with Gasteiger partial charge in [-0.05, 0) is 40.9 Å². The van der Waals surface area contributed by atoms with E-state index in [9.17, 15) is 9.18 Å². The number of fused-ring (bicyclic) bond motifs is 1. The van der Waals surface area contributed by atoms with Crippen molar-refractivity contribution in [2.24, 2.45) is 5.73 Å². The number of ether oxygens (including phenoxy) is 1. The van der Waals surface area contributed by atoms with Crippen LogP contribution >= 0.6 is 34.8 Å². The summed E-state index contributed by atoms with van der Waals surface area (Å²) in [5, 5.41) is 0. The summed E-state index contributed by atoms with van der Waals surface area (Å²) in [4.78, 5) is 13.4. The Morgan fingerprint density at radius 3 is 3.00 bits per heavy atom. The lowest BCUT2D eigenvalue weighted by Crippen LogP contribution is -2.16. The summed E-state index contributed by atoms with van der Waals surface area (Å²) < 4.78 is 20.8. The smallest absolute Gasteiger partial charge is 0.404 e. The number of aromatic nitrogens is 2. The van der Waals surface area contributed by atoms with E-state index < -0.39 is 6.09 Å². The Balaban J connectivity index is 2.37. The van der Waals surface area contributed by atoms with Crippen molar-refractivity contribution in [2.75, 3.05) is 6.61 Å². The number of imidazole rings is 1. The molecule has 18 heavy (non-hydrogen) atoms. The van der Waals surface area contributed by atoms with Crippen LogP contribution in [0.2, 0.25) is 0 Å². The quantitative estimate of drug-likeness (QED) is 0.634. The molecule has 2 rings (SSSR count). The molecule has 1 heterocycles. The lowest BCUT2D eigenvalue weighted by molar-refractivity contribution is 0.152. The fraction of sp³-hybridized carbons (Fsp3) is 0.200. The van der Waals surface area contributed by atoms with Gasteiger partial charge < -0.3 is 20.0 Å². The van der Waals surface area contributed by atoms with Gasteiger partial charge in [-0.3, -0.25) is 0 Å². The van der Waals surface area contributed by atoms with E-state index in [0.29, 0.717) is 20.4 Å². The van der Waals surface area contributed by atoms with Gasteiger partial charge in [0.15, 0.2) is 4.77 Å². The van der Waals surface area contributed by atoms with Crippen LogP contribution in [0.15, 0.2) is 12.1 Å². The van der Waals surface area contributed by atoms with Gasteiger partial charge in [0.25, 0.3) is 0 Å². The molecule has 0 fully saturated rings. The monoisotopic (exact) mass is 381 g/mol. The number of nitrogens with two attached hydrogens (primary N) is 1. The average molecular weight is 381 g/mol. The number of H-pyrrole nitrogens is 1. The standard InChI is InChI=1S/C10H9FIN3O2S/c11-5-3-8-7(4-6(5)12)14-10(18)15(8)1-2-17-9(13)16/h3-4H,1-2H2,(H2,13,16)(H,14,18). The molecule has 1 aromatic heterocycles. The van der Waals surface area contributed by atoms with Crippen molar-refractivity contribution in [3.63, 3.8) is 0 Å². The van der Waals surface area contributed by atoms with Gasteiger partial charge in [-0.15, -0.1) is 0 Å². The maximum absolute atomic E-state index is 13.5. The molecule has 0 aliphatic rings. The number of primary amides is 1. The number of hydrogen-bond acceptors (Lipinski definition) is 3. The van der Waals surface area contributed by atoms with Gasteiger partial charge in [-0.25, -0.2) is 9.18 Å². The maximum atomic E-state index is 13.5. The van der Waals surface area contributed by atoms with E-state index in [1.54, 1.807) is 10.6 Å². The molecule has 0 radical (unpaired) electrons. The molecule has 0 saturated heterocycles. The largest absolute Gasteiger partial charge is 0.448 e. The number of benzene rings is 1. The molecule has 1 aromatic carbocycles. The zero-order valence-electron chi connectivity index (χ0n) is 9.07. The number of nitrogens with one attached hydrogen (secondary N) is 1. The molecule has 0 saturated carbocycles. The van der Waals surface area contributed by atoms with Crippen molar-refractivity contribution in [3.05, 3.63) is 26.3 Å². The summed E-state index contributed by atoms with van der Waals surface area (Å²) in [6.07, 6.45) is -0.845. The van der Waals surface area contributed by atoms with Crippen LogP contribution in [0.25, 0.3) is 11.0 Å². The lowest BCUT2D eigenvalue weighted by Gasteiger charge is -2.05. The van der Waals surface area contributed by atoms with Crippen LogP contribution in [0.1, 0.15) is 0 Å². The number of amides is 1. The predicted octanol–water partition coefficient (Wildman–Crippen LogP) is 2.54. The molecule has 0 aliphatic heterocycles. The second-order valence-electron chi connectivity index (χ2n) is 3.53. The Labute approximate surface area is 120 Å². The minimum Gasteiger partial charge on any atom is -0.448 e. The Bertz CT molecular complexity index is 667. The van der Waals surface area contributed by atoms with Gasteiger partial charge in [-0.1, -0.05) is 0 Å². The summed E-state index contributed by atoms with van der Waals surface area (Å²) in [5.41, 5.74) is 6.23. The van der Waals surface area contributed by atoms with Crippen LogP contribution < -0.4 is 5.73 Å².